The van der Waals surface area contributed by atoms with Gasteiger partial charge in [-0.3, -0.25) is 0 Å². The van der Waals surface area contributed by atoms with Gasteiger partial charge in [-0.2, -0.15) is 0 Å². The van der Waals surface area contributed by atoms with Gasteiger partial charge in [-0.05, 0) is 19.3 Å². The summed E-state index contributed by atoms with van der Waals surface area (Å²) in [6, 6.07) is 0. The number of aliphatic hydroxyl groups excluding tert-OH is 1. The van der Waals surface area contributed by atoms with Crippen molar-refractivity contribution in [3.05, 3.63) is 24.3 Å². The van der Waals surface area contributed by atoms with Crippen LogP contribution in [0.25, 0.3) is 0 Å². The molecule has 0 aromatic carbocycles. The maximum Gasteiger partial charge on any atom is 0.103 e. The number of allylic oxidation sites excluding steroid dienone is 1. The molecule has 3 atom stereocenters. The Bertz CT molecular complexity index is 208. The van der Waals surface area contributed by atoms with E-state index < -0.39 is 0 Å². The van der Waals surface area contributed by atoms with Gasteiger partial charge in [0.1, 0.15) is 6.10 Å². The molecule has 3 unspecified atom stereocenters. The lowest BCUT2D eigenvalue weighted by Gasteiger charge is -2.16. The van der Waals surface area contributed by atoms with Crippen molar-refractivity contribution >= 4 is 0 Å². The number of rotatable bonds is 0. The second kappa shape index (κ2) is 3.42. The molecule has 2 bridgehead atoms. The van der Waals surface area contributed by atoms with Crippen LogP contribution in [0.3, 0.4) is 0 Å². The Morgan fingerprint density at radius 1 is 1.25 bits per heavy atom. The van der Waals surface area contributed by atoms with Crippen molar-refractivity contribution < 1.29 is 9.84 Å². The molecule has 2 heteroatoms. The van der Waals surface area contributed by atoms with Gasteiger partial charge in [-0.15, -0.1) is 0 Å². The van der Waals surface area contributed by atoms with Gasteiger partial charge in [0.2, 0.25) is 0 Å². The summed E-state index contributed by atoms with van der Waals surface area (Å²) >= 11 is 0. The van der Waals surface area contributed by atoms with Crippen molar-refractivity contribution in [2.45, 2.75) is 37.6 Å². The molecular formula is C10H14O2. The van der Waals surface area contributed by atoms with Crippen LogP contribution in [-0.2, 0) is 4.74 Å². The molecule has 2 aliphatic heterocycles. The Labute approximate surface area is 72.5 Å². The standard InChI is InChI=1S/C10H14O2/c11-9-5-3-1-2-4-8-6-7-10(9)12-8/h1,3,6-11H,2,4-5H2/b3-1-. The molecule has 1 N–H and O–H groups in total. The lowest BCUT2D eigenvalue weighted by molar-refractivity contribution is -0.0201. The highest BCUT2D eigenvalue weighted by Crippen LogP contribution is 2.21. The van der Waals surface area contributed by atoms with Crippen LogP contribution in [0, 0.1) is 0 Å². The number of aliphatic hydroxyl groups is 1. The Morgan fingerprint density at radius 2 is 2.17 bits per heavy atom. The smallest absolute Gasteiger partial charge is 0.103 e. The van der Waals surface area contributed by atoms with E-state index in [2.05, 4.69) is 12.2 Å². The predicted octanol–water partition coefficient (Wildman–Crippen LogP) is 1.41. The first-order chi connectivity index (χ1) is 5.86. The Balaban J connectivity index is 2.07. The second-order valence-corrected chi connectivity index (χ2v) is 3.38. The lowest BCUT2D eigenvalue weighted by Crippen LogP contribution is -2.25. The average molecular weight is 166 g/mol. The molecule has 12 heavy (non-hydrogen) atoms. The van der Waals surface area contributed by atoms with Crippen LogP contribution in [0.4, 0.5) is 0 Å². The normalized spacial score (nSPS) is 43.2. The van der Waals surface area contributed by atoms with Crippen LogP contribution in [-0.4, -0.2) is 23.4 Å². The molecule has 0 saturated heterocycles. The van der Waals surface area contributed by atoms with E-state index >= 15 is 0 Å². The number of ether oxygens (including phenoxy) is 1. The van der Waals surface area contributed by atoms with E-state index in [0.717, 1.165) is 12.8 Å². The van der Waals surface area contributed by atoms with E-state index in [-0.39, 0.29) is 18.3 Å². The molecule has 0 saturated carbocycles. The zero-order valence-corrected chi connectivity index (χ0v) is 7.02. The van der Waals surface area contributed by atoms with Crippen molar-refractivity contribution in [2.75, 3.05) is 0 Å². The van der Waals surface area contributed by atoms with Crippen LogP contribution in [0.5, 0.6) is 0 Å². The summed E-state index contributed by atoms with van der Waals surface area (Å²) in [7, 11) is 0. The van der Waals surface area contributed by atoms with Gasteiger partial charge in [0.25, 0.3) is 0 Å². The van der Waals surface area contributed by atoms with E-state index in [1.54, 1.807) is 0 Å². The maximum absolute atomic E-state index is 9.60. The van der Waals surface area contributed by atoms with Gasteiger partial charge < -0.3 is 9.84 Å². The summed E-state index contributed by atoms with van der Waals surface area (Å²) in [5.41, 5.74) is 0. The van der Waals surface area contributed by atoms with Crippen molar-refractivity contribution in [3.8, 4) is 0 Å². The molecule has 2 rings (SSSR count). The first-order valence-electron chi connectivity index (χ1n) is 4.53. The molecule has 0 aromatic rings. The molecule has 0 radical (unpaired) electrons. The molecule has 0 spiro atoms. The monoisotopic (exact) mass is 166 g/mol. The van der Waals surface area contributed by atoms with Gasteiger partial charge >= 0.3 is 0 Å². The zero-order chi connectivity index (χ0) is 8.39. The third-order valence-corrected chi connectivity index (χ3v) is 2.39. The molecule has 2 heterocycles. The number of hydrogen-bond donors (Lipinski definition) is 1. The van der Waals surface area contributed by atoms with Crippen LogP contribution in [0.1, 0.15) is 19.3 Å². The third-order valence-electron chi connectivity index (χ3n) is 2.39. The summed E-state index contributed by atoms with van der Waals surface area (Å²) in [6.45, 7) is 0. The van der Waals surface area contributed by atoms with Gasteiger partial charge in [0.15, 0.2) is 0 Å². The van der Waals surface area contributed by atoms with Crippen LogP contribution in [0.15, 0.2) is 24.3 Å². The minimum atomic E-state index is -0.361. The SMILES string of the molecule is OC1C/C=C\CCC2C=CC1O2. The Hall–Kier alpha value is -0.600. The van der Waals surface area contributed by atoms with Crippen molar-refractivity contribution in [1.82, 2.24) is 0 Å². The lowest BCUT2D eigenvalue weighted by atomic mass is 10.1. The summed E-state index contributed by atoms with van der Waals surface area (Å²) in [5.74, 6) is 0. The largest absolute Gasteiger partial charge is 0.390 e. The fourth-order valence-corrected chi connectivity index (χ4v) is 1.66. The van der Waals surface area contributed by atoms with E-state index in [1.807, 2.05) is 12.2 Å². The minimum absolute atomic E-state index is 0.0715. The van der Waals surface area contributed by atoms with Crippen molar-refractivity contribution in [2.24, 2.45) is 0 Å². The highest BCUT2D eigenvalue weighted by molar-refractivity contribution is 5.07. The van der Waals surface area contributed by atoms with Gasteiger partial charge in [0.05, 0.1) is 12.2 Å². The molecule has 0 aromatic heterocycles. The zero-order valence-electron chi connectivity index (χ0n) is 7.02. The third kappa shape index (κ3) is 1.59. The van der Waals surface area contributed by atoms with E-state index in [4.69, 9.17) is 4.74 Å². The van der Waals surface area contributed by atoms with Gasteiger partial charge in [-0.25, -0.2) is 0 Å². The van der Waals surface area contributed by atoms with Gasteiger partial charge in [-0.1, -0.05) is 24.3 Å². The van der Waals surface area contributed by atoms with Crippen LogP contribution >= 0.6 is 0 Å². The second-order valence-electron chi connectivity index (χ2n) is 3.38. The topological polar surface area (TPSA) is 29.5 Å². The fraction of sp³-hybridized carbons (Fsp3) is 0.600. The highest BCUT2D eigenvalue weighted by Gasteiger charge is 2.25. The summed E-state index contributed by atoms with van der Waals surface area (Å²) in [4.78, 5) is 0. The molecule has 66 valence electrons. The van der Waals surface area contributed by atoms with E-state index in [0.29, 0.717) is 6.42 Å². The van der Waals surface area contributed by atoms with Gasteiger partial charge in [0, 0.05) is 0 Å². The van der Waals surface area contributed by atoms with Crippen molar-refractivity contribution in [3.63, 3.8) is 0 Å². The Kier molecular flexibility index (Phi) is 2.28. The molecule has 2 nitrogen and oxygen atoms in total. The molecule has 0 amide bonds. The summed E-state index contributed by atoms with van der Waals surface area (Å²) < 4.78 is 5.59. The predicted molar refractivity (Wildman–Crippen MR) is 46.8 cm³/mol. The van der Waals surface area contributed by atoms with E-state index in [1.165, 1.54) is 0 Å². The highest BCUT2D eigenvalue weighted by atomic mass is 16.5. The maximum atomic E-state index is 9.60. The van der Waals surface area contributed by atoms with Crippen molar-refractivity contribution in [1.29, 1.82) is 0 Å². The fourth-order valence-electron chi connectivity index (χ4n) is 1.66. The average Bonchev–Trinajstić information content (AvgIpc) is 2.53. The minimum Gasteiger partial charge on any atom is -0.390 e. The van der Waals surface area contributed by atoms with Crippen LogP contribution < -0.4 is 0 Å². The summed E-state index contributed by atoms with van der Waals surface area (Å²) in [6.07, 6.45) is 10.8. The number of hydrogen-bond acceptors (Lipinski definition) is 2. The quantitative estimate of drug-likeness (QED) is 0.551. The molecule has 2 aliphatic rings. The van der Waals surface area contributed by atoms with E-state index in [9.17, 15) is 5.11 Å². The molecule has 0 fully saturated rings. The van der Waals surface area contributed by atoms with Crippen LogP contribution in [0.2, 0.25) is 0 Å². The molecule has 0 aliphatic carbocycles. The number of fused-ring (bicyclic) bond motifs is 2. The Morgan fingerprint density at radius 3 is 3.08 bits per heavy atom. The molecular weight excluding hydrogens is 152 g/mol. The first kappa shape index (κ1) is 8.02. The summed E-state index contributed by atoms with van der Waals surface area (Å²) in [5, 5.41) is 9.60. The first-order valence-corrected chi connectivity index (χ1v) is 4.53.